The van der Waals surface area contributed by atoms with Gasteiger partial charge in [-0.1, -0.05) is 5.11 Å². The Bertz CT molecular complexity index is 255. The predicted octanol–water partition coefficient (Wildman–Crippen LogP) is -1.25. The monoisotopic (exact) mass is 219 g/mol. The Morgan fingerprint density at radius 2 is 2.13 bits per heavy atom. The molecule has 3 N–H and O–H groups in total. The van der Waals surface area contributed by atoms with E-state index in [4.69, 9.17) is 20.1 Å². The van der Waals surface area contributed by atoms with Crippen LogP contribution in [-0.4, -0.2) is 59.7 Å². The van der Waals surface area contributed by atoms with Gasteiger partial charge in [-0.3, -0.25) is 0 Å². The molecule has 8 nitrogen and oxygen atoms in total. The zero-order chi connectivity index (χ0) is 11.4. The van der Waals surface area contributed by atoms with Gasteiger partial charge in [-0.25, -0.2) is 0 Å². The third-order valence-electron chi connectivity index (χ3n) is 2.27. The smallest absolute Gasteiger partial charge is 0.168 e. The van der Waals surface area contributed by atoms with Gasteiger partial charge < -0.3 is 24.8 Å². The van der Waals surface area contributed by atoms with Crippen LogP contribution in [0.25, 0.3) is 10.4 Å². The Morgan fingerprint density at radius 1 is 1.47 bits per heavy atom. The van der Waals surface area contributed by atoms with Crippen LogP contribution >= 0.6 is 0 Å². The molecule has 0 spiro atoms. The van der Waals surface area contributed by atoms with Gasteiger partial charge in [0.25, 0.3) is 0 Å². The van der Waals surface area contributed by atoms with E-state index in [1.54, 1.807) is 0 Å². The second-order valence-corrected chi connectivity index (χ2v) is 3.14. The summed E-state index contributed by atoms with van der Waals surface area (Å²) in [6, 6.07) is -1.03. The molecule has 0 aromatic rings. The SMILES string of the molecule is CO[C@H]1O[C@H](CO)[C@@H](O)[C@H](O)[C@H]1N=[N+]=[N-]. The Labute approximate surface area is 85.7 Å². The molecule has 0 amide bonds. The molecule has 0 aliphatic carbocycles. The molecule has 1 heterocycles. The molecule has 8 heteroatoms. The van der Waals surface area contributed by atoms with Gasteiger partial charge in [-0.15, -0.1) is 0 Å². The average Bonchev–Trinajstić information content (AvgIpc) is 2.25. The molecule has 86 valence electrons. The summed E-state index contributed by atoms with van der Waals surface area (Å²) in [6.45, 7) is -0.457. The van der Waals surface area contributed by atoms with Crippen molar-refractivity contribution in [1.29, 1.82) is 0 Å². The minimum Gasteiger partial charge on any atom is -0.394 e. The van der Waals surface area contributed by atoms with E-state index in [0.717, 1.165) is 0 Å². The predicted molar refractivity (Wildman–Crippen MR) is 47.7 cm³/mol. The fourth-order valence-corrected chi connectivity index (χ4v) is 1.44. The van der Waals surface area contributed by atoms with Crippen LogP contribution in [0.1, 0.15) is 0 Å². The molecule has 1 aliphatic rings. The number of hydrogen-bond acceptors (Lipinski definition) is 6. The van der Waals surface area contributed by atoms with E-state index < -0.39 is 37.3 Å². The van der Waals surface area contributed by atoms with E-state index in [2.05, 4.69) is 10.0 Å². The molecule has 0 unspecified atom stereocenters. The molecule has 1 fully saturated rings. The summed E-state index contributed by atoms with van der Waals surface area (Å²) >= 11 is 0. The molecule has 0 bridgehead atoms. The fraction of sp³-hybridized carbons (Fsp3) is 1.00. The zero-order valence-electron chi connectivity index (χ0n) is 8.09. The summed E-state index contributed by atoms with van der Waals surface area (Å²) in [4.78, 5) is 2.52. The molecule has 1 aliphatic heterocycles. The number of rotatable bonds is 3. The first-order chi connectivity index (χ1) is 7.15. The summed E-state index contributed by atoms with van der Waals surface area (Å²) in [5.41, 5.74) is 8.26. The Morgan fingerprint density at radius 3 is 2.60 bits per heavy atom. The van der Waals surface area contributed by atoms with E-state index >= 15 is 0 Å². The standard InChI is InChI=1S/C7H13N3O5/c1-14-7-4(9-10-8)6(13)5(12)3(2-11)15-7/h3-7,11-13H,2H2,1H3/t3-,4-,5-,6-,7+/m1/s1. The topological polar surface area (TPSA) is 128 Å². The van der Waals surface area contributed by atoms with Crippen LogP contribution in [0, 0.1) is 0 Å². The lowest BCUT2D eigenvalue weighted by atomic mass is 9.98. The Balaban J connectivity index is 2.83. The van der Waals surface area contributed by atoms with Crippen molar-refractivity contribution in [3.05, 3.63) is 10.4 Å². The van der Waals surface area contributed by atoms with Crippen LogP contribution in [0.2, 0.25) is 0 Å². The molecule has 1 saturated heterocycles. The van der Waals surface area contributed by atoms with Crippen LogP contribution in [0.15, 0.2) is 5.11 Å². The van der Waals surface area contributed by atoms with E-state index in [1.807, 2.05) is 0 Å². The first-order valence-electron chi connectivity index (χ1n) is 4.35. The zero-order valence-corrected chi connectivity index (χ0v) is 8.09. The van der Waals surface area contributed by atoms with E-state index in [1.165, 1.54) is 7.11 Å². The number of ether oxygens (including phenoxy) is 2. The highest BCUT2D eigenvalue weighted by molar-refractivity contribution is 4.93. The van der Waals surface area contributed by atoms with Gasteiger partial charge >= 0.3 is 0 Å². The molecule has 5 atom stereocenters. The second-order valence-electron chi connectivity index (χ2n) is 3.14. The number of aliphatic hydroxyl groups excluding tert-OH is 3. The van der Waals surface area contributed by atoms with Crippen molar-refractivity contribution in [2.75, 3.05) is 13.7 Å². The first-order valence-corrected chi connectivity index (χ1v) is 4.35. The highest BCUT2D eigenvalue weighted by Gasteiger charge is 2.43. The van der Waals surface area contributed by atoms with Crippen molar-refractivity contribution in [2.45, 2.75) is 30.6 Å². The van der Waals surface area contributed by atoms with Crippen molar-refractivity contribution in [3.63, 3.8) is 0 Å². The second kappa shape index (κ2) is 5.26. The minimum atomic E-state index is -1.32. The van der Waals surface area contributed by atoms with Gasteiger partial charge in [-0.2, -0.15) is 0 Å². The van der Waals surface area contributed by atoms with Gasteiger partial charge in [0.15, 0.2) is 6.29 Å². The van der Waals surface area contributed by atoms with Crippen LogP contribution in [-0.2, 0) is 9.47 Å². The number of methoxy groups -OCH3 is 1. The Hall–Kier alpha value is -0.890. The minimum absolute atomic E-state index is 0.457. The van der Waals surface area contributed by atoms with E-state index in [0.29, 0.717) is 0 Å². The number of hydrogen-bond donors (Lipinski definition) is 3. The van der Waals surface area contributed by atoms with Gasteiger partial charge in [0.05, 0.1) is 12.7 Å². The third-order valence-corrected chi connectivity index (χ3v) is 2.27. The van der Waals surface area contributed by atoms with Crippen molar-refractivity contribution >= 4 is 0 Å². The molecule has 0 radical (unpaired) electrons. The maximum Gasteiger partial charge on any atom is 0.168 e. The molecular weight excluding hydrogens is 206 g/mol. The maximum absolute atomic E-state index is 9.59. The van der Waals surface area contributed by atoms with Crippen LogP contribution in [0.5, 0.6) is 0 Å². The molecule has 15 heavy (non-hydrogen) atoms. The fourth-order valence-electron chi connectivity index (χ4n) is 1.44. The highest BCUT2D eigenvalue weighted by Crippen LogP contribution is 2.23. The maximum atomic E-state index is 9.59. The van der Waals surface area contributed by atoms with Gasteiger partial charge in [0.2, 0.25) is 0 Å². The normalized spacial score (nSPS) is 40.9. The number of nitrogens with zero attached hydrogens (tertiary/aromatic N) is 3. The van der Waals surface area contributed by atoms with Gasteiger partial charge in [0, 0.05) is 12.0 Å². The van der Waals surface area contributed by atoms with Crippen molar-refractivity contribution < 1.29 is 24.8 Å². The van der Waals surface area contributed by atoms with E-state index in [-0.39, 0.29) is 0 Å². The molecule has 0 aromatic carbocycles. The lowest BCUT2D eigenvalue weighted by molar-refractivity contribution is -0.257. The van der Waals surface area contributed by atoms with Crippen molar-refractivity contribution in [3.8, 4) is 0 Å². The molecule has 0 saturated carbocycles. The summed E-state index contributed by atoms with van der Waals surface area (Å²) in [5, 5.41) is 31.2. The van der Waals surface area contributed by atoms with Crippen LogP contribution in [0.4, 0.5) is 0 Å². The quantitative estimate of drug-likeness (QED) is 0.310. The summed E-state index contributed by atoms with van der Waals surface area (Å²) in [7, 11) is 1.31. The van der Waals surface area contributed by atoms with E-state index in [9.17, 15) is 10.2 Å². The molecule has 1 rings (SSSR count). The van der Waals surface area contributed by atoms with Crippen LogP contribution in [0.3, 0.4) is 0 Å². The van der Waals surface area contributed by atoms with Crippen LogP contribution < -0.4 is 0 Å². The largest absolute Gasteiger partial charge is 0.394 e. The average molecular weight is 219 g/mol. The lowest BCUT2D eigenvalue weighted by Crippen LogP contribution is -2.58. The molecular formula is C7H13N3O5. The summed E-state index contributed by atoms with van der Waals surface area (Å²) in [5.74, 6) is 0. The highest BCUT2D eigenvalue weighted by atomic mass is 16.7. The first kappa shape index (κ1) is 12.2. The van der Waals surface area contributed by atoms with Gasteiger partial charge in [-0.05, 0) is 5.53 Å². The summed E-state index contributed by atoms with van der Waals surface area (Å²) < 4.78 is 9.92. The van der Waals surface area contributed by atoms with Crippen molar-refractivity contribution in [1.82, 2.24) is 0 Å². The number of aliphatic hydroxyl groups is 3. The lowest BCUT2D eigenvalue weighted by Gasteiger charge is -2.39. The Kier molecular flexibility index (Phi) is 4.28. The van der Waals surface area contributed by atoms with Crippen molar-refractivity contribution in [2.24, 2.45) is 5.11 Å². The number of azide groups is 1. The molecule has 0 aromatic heterocycles. The summed E-state index contributed by atoms with van der Waals surface area (Å²) in [6.07, 6.45) is -4.56. The van der Waals surface area contributed by atoms with Gasteiger partial charge in [0.1, 0.15) is 18.2 Å². The third kappa shape index (κ3) is 2.37.